The first-order valence-corrected chi connectivity index (χ1v) is 7.48. The summed E-state index contributed by atoms with van der Waals surface area (Å²) >= 11 is 0. The van der Waals surface area contributed by atoms with Crippen molar-refractivity contribution in [1.29, 1.82) is 0 Å². The molecular weight excluding hydrogens is 334 g/mol. The molecule has 136 valence electrons. The fourth-order valence-electron chi connectivity index (χ4n) is 1.97. The molecule has 1 aromatic carbocycles. The van der Waals surface area contributed by atoms with E-state index in [1.54, 1.807) is 27.7 Å². The van der Waals surface area contributed by atoms with Crippen molar-refractivity contribution in [2.45, 2.75) is 39.8 Å². The van der Waals surface area contributed by atoms with E-state index >= 15 is 0 Å². The van der Waals surface area contributed by atoms with E-state index in [1.165, 1.54) is 0 Å². The zero-order valence-corrected chi connectivity index (χ0v) is 14.2. The highest BCUT2D eigenvalue weighted by molar-refractivity contribution is 5.98. The molecule has 0 saturated heterocycles. The molecule has 0 unspecified atom stereocenters. The highest BCUT2D eigenvalue weighted by Crippen LogP contribution is 2.23. The van der Waals surface area contributed by atoms with Crippen LogP contribution in [0.25, 0.3) is 0 Å². The lowest BCUT2D eigenvalue weighted by molar-refractivity contribution is -0.394. The number of rotatable bonds is 7. The molecule has 1 rings (SSSR count). The van der Waals surface area contributed by atoms with E-state index in [0.717, 1.165) is 18.2 Å². The van der Waals surface area contributed by atoms with Crippen LogP contribution in [0.15, 0.2) is 18.2 Å². The maximum atomic E-state index is 12.3. The Morgan fingerprint density at radius 1 is 1.00 bits per heavy atom. The van der Waals surface area contributed by atoms with Crippen molar-refractivity contribution in [2.24, 2.45) is 5.92 Å². The first-order chi connectivity index (χ1) is 11.5. The largest absolute Gasteiger partial charge is 0.461 e. The van der Waals surface area contributed by atoms with Gasteiger partial charge in [0.15, 0.2) is 0 Å². The Kier molecular flexibility index (Phi) is 6.54. The fourth-order valence-corrected chi connectivity index (χ4v) is 1.97. The van der Waals surface area contributed by atoms with Gasteiger partial charge in [0.25, 0.3) is 17.3 Å². The highest BCUT2D eigenvalue weighted by Gasteiger charge is 2.28. The molecule has 10 heteroatoms. The first kappa shape index (κ1) is 20.0. The van der Waals surface area contributed by atoms with Crippen molar-refractivity contribution in [3.63, 3.8) is 0 Å². The van der Waals surface area contributed by atoms with E-state index in [4.69, 9.17) is 4.74 Å². The van der Waals surface area contributed by atoms with Crippen LogP contribution in [0.4, 0.5) is 11.4 Å². The smallest absolute Gasteiger partial charge is 0.329 e. The molecule has 1 aromatic rings. The summed E-state index contributed by atoms with van der Waals surface area (Å²) in [5.74, 6) is -1.81. The Bertz CT molecular complexity index is 668. The molecule has 0 radical (unpaired) electrons. The monoisotopic (exact) mass is 353 g/mol. The third-order valence-corrected chi connectivity index (χ3v) is 3.15. The predicted octanol–water partition coefficient (Wildman–Crippen LogP) is 2.21. The Morgan fingerprint density at radius 2 is 1.48 bits per heavy atom. The van der Waals surface area contributed by atoms with E-state index in [-0.39, 0.29) is 17.6 Å². The number of carbonyl (C=O) groups is 2. The van der Waals surface area contributed by atoms with Crippen LogP contribution in [0.5, 0.6) is 0 Å². The van der Waals surface area contributed by atoms with Crippen LogP contribution in [0.3, 0.4) is 0 Å². The number of nitrogens with zero attached hydrogens (tertiary/aromatic N) is 2. The summed E-state index contributed by atoms with van der Waals surface area (Å²) in [6.07, 6.45) is -0.385. The summed E-state index contributed by atoms with van der Waals surface area (Å²) in [4.78, 5) is 44.5. The molecule has 10 nitrogen and oxygen atoms in total. The van der Waals surface area contributed by atoms with Gasteiger partial charge in [-0.05, 0) is 19.8 Å². The number of hydrogen-bond donors (Lipinski definition) is 1. The summed E-state index contributed by atoms with van der Waals surface area (Å²) in [6, 6.07) is 1.58. The van der Waals surface area contributed by atoms with Crippen molar-refractivity contribution in [2.75, 3.05) is 0 Å². The van der Waals surface area contributed by atoms with Gasteiger partial charge < -0.3 is 10.1 Å². The van der Waals surface area contributed by atoms with Crippen LogP contribution in [-0.4, -0.2) is 33.9 Å². The normalized spacial score (nSPS) is 11.9. The second-order valence-corrected chi connectivity index (χ2v) is 5.93. The van der Waals surface area contributed by atoms with E-state index in [9.17, 15) is 29.8 Å². The molecular formula is C15H19N3O7. The summed E-state index contributed by atoms with van der Waals surface area (Å²) in [7, 11) is 0. The van der Waals surface area contributed by atoms with E-state index < -0.39 is 39.1 Å². The molecule has 0 aliphatic heterocycles. The summed E-state index contributed by atoms with van der Waals surface area (Å²) in [6.45, 7) is 6.67. The topological polar surface area (TPSA) is 142 Å². The van der Waals surface area contributed by atoms with Gasteiger partial charge in [-0.2, -0.15) is 0 Å². The summed E-state index contributed by atoms with van der Waals surface area (Å²) in [5, 5.41) is 24.2. The minimum atomic E-state index is -0.992. The van der Waals surface area contributed by atoms with Gasteiger partial charge in [0.05, 0.1) is 27.6 Å². The summed E-state index contributed by atoms with van der Waals surface area (Å²) < 4.78 is 5.06. The van der Waals surface area contributed by atoms with E-state index in [1.807, 2.05) is 0 Å². The van der Waals surface area contributed by atoms with Crippen molar-refractivity contribution < 1.29 is 24.2 Å². The molecule has 0 spiro atoms. The zero-order chi connectivity index (χ0) is 19.3. The second kappa shape index (κ2) is 8.18. The fraction of sp³-hybridized carbons (Fsp3) is 0.467. The van der Waals surface area contributed by atoms with Gasteiger partial charge in [0, 0.05) is 12.1 Å². The Hall–Kier alpha value is -3.04. The van der Waals surface area contributed by atoms with Gasteiger partial charge in [-0.15, -0.1) is 0 Å². The third-order valence-electron chi connectivity index (χ3n) is 3.15. The van der Waals surface area contributed by atoms with Crippen LogP contribution in [0.2, 0.25) is 0 Å². The van der Waals surface area contributed by atoms with Gasteiger partial charge >= 0.3 is 5.97 Å². The number of nitro benzene ring substituents is 2. The Labute approximate surface area is 143 Å². The van der Waals surface area contributed by atoms with Crippen molar-refractivity contribution in [3.8, 4) is 0 Å². The Morgan fingerprint density at radius 3 is 1.84 bits per heavy atom. The number of non-ortho nitro benzene ring substituents is 2. The van der Waals surface area contributed by atoms with Crippen molar-refractivity contribution in [3.05, 3.63) is 44.0 Å². The van der Waals surface area contributed by atoms with Gasteiger partial charge in [-0.1, -0.05) is 13.8 Å². The number of benzene rings is 1. The lowest BCUT2D eigenvalue weighted by Gasteiger charge is -2.22. The van der Waals surface area contributed by atoms with E-state index in [2.05, 4.69) is 5.32 Å². The number of nitro groups is 2. The maximum Gasteiger partial charge on any atom is 0.329 e. The average molecular weight is 353 g/mol. The second-order valence-electron chi connectivity index (χ2n) is 5.93. The average Bonchev–Trinajstić information content (AvgIpc) is 2.50. The van der Waals surface area contributed by atoms with Crippen LogP contribution < -0.4 is 5.32 Å². The van der Waals surface area contributed by atoms with Crippen LogP contribution in [0, 0.1) is 26.1 Å². The molecule has 1 N–H and O–H groups in total. The van der Waals surface area contributed by atoms with Gasteiger partial charge in [0.2, 0.25) is 0 Å². The highest BCUT2D eigenvalue weighted by atomic mass is 16.6. The minimum absolute atomic E-state index is 0.288. The van der Waals surface area contributed by atoms with Crippen molar-refractivity contribution >= 4 is 23.3 Å². The summed E-state index contributed by atoms with van der Waals surface area (Å²) in [5.41, 5.74) is -1.47. The van der Waals surface area contributed by atoms with E-state index in [0.29, 0.717) is 0 Å². The molecule has 0 saturated carbocycles. The third kappa shape index (κ3) is 5.52. The number of hydrogen-bond acceptors (Lipinski definition) is 7. The molecule has 0 heterocycles. The molecule has 0 aromatic heterocycles. The number of ether oxygens (including phenoxy) is 1. The number of esters is 1. The van der Waals surface area contributed by atoms with Gasteiger partial charge in [-0.3, -0.25) is 25.0 Å². The van der Waals surface area contributed by atoms with Crippen LogP contribution >= 0.6 is 0 Å². The van der Waals surface area contributed by atoms with Gasteiger partial charge in [-0.25, -0.2) is 4.79 Å². The van der Waals surface area contributed by atoms with Crippen LogP contribution in [-0.2, 0) is 9.53 Å². The minimum Gasteiger partial charge on any atom is -0.461 e. The molecule has 1 atom stereocenters. The molecule has 0 fully saturated rings. The molecule has 0 bridgehead atoms. The molecule has 0 aliphatic carbocycles. The lowest BCUT2D eigenvalue weighted by Crippen LogP contribution is -2.46. The maximum absolute atomic E-state index is 12.3. The van der Waals surface area contributed by atoms with Gasteiger partial charge in [0.1, 0.15) is 6.04 Å². The van der Waals surface area contributed by atoms with Crippen molar-refractivity contribution in [1.82, 2.24) is 5.32 Å². The first-order valence-electron chi connectivity index (χ1n) is 7.48. The number of carbonyl (C=O) groups excluding carboxylic acids is 2. The zero-order valence-electron chi connectivity index (χ0n) is 14.2. The molecule has 0 aliphatic rings. The number of amides is 1. The lowest BCUT2D eigenvalue weighted by atomic mass is 10.0. The number of nitrogens with one attached hydrogen (secondary N) is 1. The molecule has 25 heavy (non-hydrogen) atoms. The SMILES string of the molecule is CC(C)OC(=O)[C@H](NC(=O)c1cc([N+](=O)[O-])cc([N+](=O)[O-])c1)C(C)C. The standard InChI is InChI=1S/C15H19N3O7/c1-8(2)13(15(20)25-9(3)4)16-14(19)10-5-11(17(21)22)7-12(6-10)18(23)24/h5-9,13H,1-4H3,(H,16,19)/t13-/m1/s1. The predicted molar refractivity (Wildman–Crippen MR) is 87.1 cm³/mol. The quantitative estimate of drug-likeness (QED) is 0.450. The molecule has 1 amide bonds. The van der Waals surface area contributed by atoms with Crippen LogP contribution in [0.1, 0.15) is 38.1 Å². The Balaban J connectivity index is 3.14.